The quantitative estimate of drug-likeness (QED) is 0.159. The maximum Gasteiger partial charge on any atom is 0.344 e. The van der Waals surface area contributed by atoms with Crippen molar-refractivity contribution in [3.8, 4) is 0 Å². The molecule has 0 saturated heterocycles. The predicted octanol–water partition coefficient (Wildman–Crippen LogP) is 7.30. The van der Waals surface area contributed by atoms with Crippen molar-refractivity contribution in [3.05, 3.63) is 34.9 Å². The van der Waals surface area contributed by atoms with Crippen molar-refractivity contribution in [1.29, 1.82) is 0 Å². The summed E-state index contributed by atoms with van der Waals surface area (Å²) in [5, 5.41) is 9.47. The van der Waals surface area contributed by atoms with Gasteiger partial charge in [-0.25, -0.2) is 0 Å². The molecule has 0 aliphatic rings. The molecule has 0 heterocycles. The third-order valence-electron chi connectivity index (χ3n) is 4.58. The van der Waals surface area contributed by atoms with Gasteiger partial charge in [0, 0.05) is 0 Å². The van der Waals surface area contributed by atoms with Gasteiger partial charge in [-0.2, -0.15) is 0 Å². The fraction of sp³-hybridized carbons (Fsp3) is 0.696. The molecule has 0 aromatic rings. The van der Waals surface area contributed by atoms with Crippen molar-refractivity contribution < 1.29 is 23.5 Å². The van der Waals surface area contributed by atoms with E-state index in [0.29, 0.717) is 6.42 Å². The van der Waals surface area contributed by atoms with E-state index in [1.54, 1.807) is 13.8 Å². The molecule has 0 bridgehead atoms. The van der Waals surface area contributed by atoms with Crippen LogP contribution < -0.4 is 0 Å². The minimum absolute atomic E-state index is 0.168. The Bertz CT molecular complexity index is 605. The molecule has 0 aliphatic heterocycles. The zero-order valence-electron chi connectivity index (χ0n) is 19.2. The second-order valence-electron chi connectivity index (χ2n) is 7.62. The van der Waals surface area contributed by atoms with Gasteiger partial charge < -0.3 is 14.2 Å². The van der Waals surface area contributed by atoms with Crippen LogP contribution in [-0.4, -0.2) is 29.9 Å². The molecule has 0 spiro atoms. The summed E-state index contributed by atoms with van der Waals surface area (Å²) in [4.78, 5) is 11.6. The molecule has 0 aliphatic carbocycles. The SMILES string of the molecule is CCOP(=O)(OCC)C(CCCC=C(C)CCC=C(C)CCC=C(C)C)C(=O)O. The largest absolute Gasteiger partial charge is 0.481 e. The lowest BCUT2D eigenvalue weighted by Crippen LogP contribution is -2.23. The van der Waals surface area contributed by atoms with Crippen molar-refractivity contribution >= 4 is 13.6 Å². The van der Waals surface area contributed by atoms with Gasteiger partial charge in [0.1, 0.15) is 0 Å². The van der Waals surface area contributed by atoms with Crippen molar-refractivity contribution in [2.75, 3.05) is 13.2 Å². The van der Waals surface area contributed by atoms with Crippen LogP contribution in [0.4, 0.5) is 0 Å². The zero-order chi connectivity index (χ0) is 22.3. The van der Waals surface area contributed by atoms with E-state index in [4.69, 9.17) is 9.05 Å². The number of aliphatic carboxylic acids is 1. The molecule has 29 heavy (non-hydrogen) atoms. The van der Waals surface area contributed by atoms with Gasteiger partial charge in [-0.3, -0.25) is 9.36 Å². The fourth-order valence-electron chi connectivity index (χ4n) is 2.99. The smallest absolute Gasteiger partial charge is 0.344 e. The number of carboxylic acid groups (broad SMARTS) is 1. The first-order valence-corrected chi connectivity index (χ1v) is 12.3. The Balaban J connectivity index is 4.48. The molecule has 168 valence electrons. The topological polar surface area (TPSA) is 72.8 Å². The highest BCUT2D eigenvalue weighted by molar-refractivity contribution is 7.55. The molecule has 1 unspecified atom stereocenters. The van der Waals surface area contributed by atoms with Gasteiger partial charge in [0.2, 0.25) is 0 Å². The molecule has 0 rings (SSSR count). The third kappa shape index (κ3) is 12.9. The monoisotopic (exact) mass is 428 g/mol. The molecular formula is C23H41O5P. The van der Waals surface area contributed by atoms with E-state index in [0.717, 1.165) is 32.1 Å². The lowest BCUT2D eigenvalue weighted by Gasteiger charge is -2.23. The Labute approximate surface area is 177 Å². The number of carbonyl (C=O) groups is 1. The van der Waals surface area contributed by atoms with Crippen molar-refractivity contribution in [1.82, 2.24) is 0 Å². The minimum Gasteiger partial charge on any atom is -0.481 e. The van der Waals surface area contributed by atoms with Crippen LogP contribution in [-0.2, 0) is 18.4 Å². The number of unbranched alkanes of at least 4 members (excludes halogenated alkanes) is 1. The van der Waals surface area contributed by atoms with Crippen LogP contribution in [0.3, 0.4) is 0 Å². The number of hydrogen-bond donors (Lipinski definition) is 1. The highest BCUT2D eigenvalue weighted by Gasteiger charge is 2.40. The Hall–Kier alpha value is -1.16. The molecule has 1 atom stereocenters. The molecular weight excluding hydrogens is 387 g/mol. The van der Waals surface area contributed by atoms with Crippen LogP contribution in [0, 0.1) is 0 Å². The lowest BCUT2D eigenvalue weighted by atomic mass is 10.1. The summed E-state index contributed by atoms with van der Waals surface area (Å²) in [6.45, 7) is 12.2. The maximum atomic E-state index is 12.7. The van der Waals surface area contributed by atoms with Gasteiger partial charge in [-0.05, 0) is 86.5 Å². The first-order valence-electron chi connectivity index (χ1n) is 10.7. The van der Waals surface area contributed by atoms with Crippen molar-refractivity contribution in [2.24, 2.45) is 0 Å². The second-order valence-corrected chi connectivity index (χ2v) is 9.84. The Kier molecular flexibility index (Phi) is 15.0. The number of allylic oxidation sites excluding steroid dienone is 6. The molecule has 5 nitrogen and oxygen atoms in total. The summed E-state index contributed by atoms with van der Waals surface area (Å²) >= 11 is 0. The Morgan fingerprint density at radius 3 is 1.83 bits per heavy atom. The van der Waals surface area contributed by atoms with Gasteiger partial charge in [0.25, 0.3) is 0 Å². The van der Waals surface area contributed by atoms with Crippen LogP contribution in [0.25, 0.3) is 0 Å². The van der Waals surface area contributed by atoms with Crippen molar-refractivity contribution in [2.45, 2.75) is 92.1 Å². The molecule has 0 fully saturated rings. The average Bonchev–Trinajstić information content (AvgIpc) is 2.61. The summed E-state index contributed by atoms with van der Waals surface area (Å²) in [6.07, 6.45) is 12.6. The summed E-state index contributed by atoms with van der Waals surface area (Å²) in [5.41, 5.74) is 2.97. The summed E-state index contributed by atoms with van der Waals surface area (Å²) in [6, 6.07) is 0. The minimum atomic E-state index is -3.63. The van der Waals surface area contributed by atoms with Crippen LogP contribution >= 0.6 is 7.60 Å². The number of rotatable bonds is 16. The standard InChI is InChI=1S/C23H41O5P/c1-7-27-29(26,28-8-2)22(23(24)25)18-10-9-14-20(5)16-12-17-21(6)15-11-13-19(3)4/h13-14,17,22H,7-12,15-16,18H2,1-6H3,(H,24,25). The van der Waals surface area contributed by atoms with E-state index < -0.39 is 19.2 Å². The van der Waals surface area contributed by atoms with E-state index in [2.05, 4.69) is 45.9 Å². The molecule has 0 radical (unpaired) electrons. The van der Waals surface area contributed by atoms with E-state index in [1.165, 1.54) is 16.7 Å². The highest BCUT2D eigenvalue weighted by Crippen LogP contribution is 2.54. The molecule has 1 N–H and O–H groups in total. The summed E-state index contributed by atoms with van der Waals surface area (Å²) < 4.78 is 23.2. The third-order valence-corrected chi connectivity index (χ3v) is 7.06. The number of hydrogen-bond acceptors (Lipinski definition) is 4. The fourth-order valence-corrected chi connectivity index (χ4v) is 4.92. The predicted molar refractivity (Wildman–Crippen MR) is 122 cm³/mol. The molecule has 0 amide bonds. The van der Waals surface area contributed by atoms with Gasteiger partial charge in [0.05, 0.1) is 13.2 Å². The molecule has 6 heteroatoms. The summed E-state index contributed by atoms with van der Waals surface area (Å²) in [7, 11) is -3.63. The first-order chi connectivity index (χ1) is 13.7. The van der Waals surface area contributed by atoms with E-state index in [1.807, 2.05) is 0 Å². The van der Waals surface area contributed by atoms with E-state index in [9.17, 15) is 14.5 Å². The zero-order valence-corrected chi connectivity index (χ0v) is 20.1. The molecule has 0 saturated carbocycles. The van der Waals surface area contributed by atoms with Gasteiger partial charge >= 0.3 is 13.6 Å². The van der Waals surface area contributed by atoms with Gasteiger partial charge in [-0.1, -0.05) is 34.9 Å². The normalized spacial score (nSPS) is 14.0. The number of carboxylic acids is 1. The van der Waals surface area contributed by atoms with Crippen LogP contribution in [0.15, 0.2) is 34.9 Å². The van der Waals surface area contributed by atoms with E-state index in [-0.39, 0.29) is 19.6 Å². The molecule has 0 aromatic carbocycles. The summed E-state index contributed by atoms with van der Waals surface area (Å²) in [5.74, 6) is -1.12. The van der Waals surface area contributed by atoms with Crippen LogP contribution in [0.2, 0.25) is 0 Å². The van der Waals surface area contributed by atoms with Crippen molar-refractivity contribution in [3.63, 3.8) is 0 Å². The lowest BCUT2D eigenvalue weighted by molar-refractivity contribution is -0.137. The second kappa shape index (κ2) is 15.6. The first kappa shape index (κ1) is 27.8. The van der Waals surface area contributed by atoms with Gasteiger partial charge in [0.15, 0.2) is 5.66 Å². The maximum absolute atomic E-state index is 12.7. The molecule has 0 aromatic heterocycles. The van der Waals surface area contributed by atoms with Crippen LogP contribution in [0.1, 0.15) is 86.5 Å². The Morgan fingerprint density at radius 2 is 1.38 bits per heavy atom. The van der Waals surface area contributed by atoms with Crippen LogP contribution in [0.5, 0.6) is 0 Å². The van der Waals surface area contributed by atoms with E-state index >= 15 is 0 Å². The van der Waals surface area contributed by atoms with Gasteiger partial charge in [-0.15, -0.1) is 0 Å². The highest BCUT2D eigenvalue weighted by atomic mass is 31.2. The average molecular weight is 429 g/mol. The Morgan fingerprint density at radius 1 is 0.897 bits per heavy atom.